The van der Waals surface area contributed by atoms with Crippen molar-refractivity contribution >= 4 is 5.97 Å². The van der Waals surface area contributed by atoms with Crippen LogP contribution in [0.2, 0.25) is 0 Å². The Morgan fingerprint density at radius 2 is 2.17 bits per heavy atom. The number of carbonyl (C=O) groups is 1. The highest BCUT2D eigenvalue weighted by atomic mass is 16.4. The van der Waals surface area contributed by atoms with Gasteiger partial charge in [-0.05, 0) is 20.8 Å². The van der Waals surface area contributed by atoms with Gasteiger partial charge in [-0.15, -0.1) is 5.10 Å². The Hall–Kier alpha value is -1.39. The van der Waals surface area contributed by atoms with Crippen molar-refractivity contribution < 1.29 is 9.90 Å². The van der Waals surface area contributed by atoms with Gasteiger partial charge in [-0.25, -0.2) is 14.5 Å². The second kappa shape index (κ2) is 2.92. The molecular formula is C7H11N3O2. The summed E-state index contributed by atoms with van der Waals surface area (Å²) in [6, 6.07) is 0.144. The third-order valence-electron chi connectivity index (χ3n) is 1.48. The van der Waals surface area contributed by atoms with Gasteiger partial charge in [0.2, 0.25) is 0 Å². The highest BCUT2D eigenvalue weighted by Gasteiger charge is 2.13. The number of aryl methyl sites for hydroxylation is 1. The van der Waals surface area contributed by atoms with Gasteiger partial charge in [-0.1, -0.05) is 0 Å². The maximum absolute atomic E-state index is 10.5. The number of hydrogen-bond donors (Lipinski definition) is 1. The van der Waals surface area contributed by atoms with E-state index in [1.165, 1.54) is 0 Å². The van der Waals surface area contributed by atoms with E-state index >= 15 is 0 Å². The molecule has 0 saturated carbocycles. The molecule has 0 atom stereocenters. The number of aromatic nitrogens is 3. The van der Waals surface area contributed by atoms with Crippen LogP contribution in [0.25, 0.3) is 0 Å². The quantitative estimate of drug-likeness (QED) is 0.713. The second-order valence-corrected chi connectivity index (χ2v) is 2.83. The maximum Gasteiger partial charge on any atom is 0.375 e. The smallest absolute Gasteiger partial charge is 0.375 e. The van der Waals surface area contributed by atoms with Crippen molar-refractivity contribution in [2.24, 2.45) is 0 Å². The van der Waals surface area contributed by atoms with E-state index in [2.05, 4.69) is 10.1 Å². The Bertz CT molecular complexity index is 304. The van der Waals surface area contributed by atoms with Gasteiger partial charge in [0.1, 0.15) is 5.82 Å². The average Bonchev–Trinajstić information content (AvgIpc) is 2.30. The van der Waals surface area contributed by atoms with Gasteiger partial charge in [0.25, 0.3) is 5.82 Å². The Morgan fingerprint density at radius 3 is 2.42 bits per heavy atom. The highest BCUT2D eigenvalue weighted by molar-refractivity contribution is 5.82. The van der Waals surface area contributed by atoms with Crippen molar-refractivity contribution in [3.05, 3.63) is 11.6 Å². The molecular weight excluding hydrogens is 158 g/mol. The molecule has 1 rings (SSSR count). The fraction of sp³-hybridized carbons (Fsp3) is 0.571. The molecule has 0 saturated heterocycles. The van der Waals surface area contributed by atoms with E-state index in [1.807, 2.05) is 13.8 Å². The Labute approximate surface area is 70.0 Å². The summed E-state index contributed by atoms with van der Waals surface area (Å²) in [4.78, 5) is 14.2. The Kier molecular flexibility index (Phi) is 2.12. The standard InChI is InChI=1S/C7H11N3O2/c1-4(2)10-5(3)8-6(9-10)7(11)12/h4H,1-3H3,(H,11,12). The molecule has 0 fully saturated rings. The lowest BCUT2D eigenvalue weighted by atomic mass is 10.4. The SMILES string of the molecule is Cc1nc(C(=O)O)nn1C(C)C. The first-order chi connectivity index (χ1) is 5.52. The number of hydrogen-bond acceptors (Lipinski definition) is 3. The van der Waals surface area contributed by atoms with E-state index in [0.29, 0.717) is 5.82 Å². The van der Waals surface area contributed by atoms with Crippen molar-refractivity contribution in [3.8, 4) is 0 Å². The van der Waals surface area contributed by atoms with E-state index in [0.717, 1.165) is 0 Å². The Morgan fingerprint density at radius 1 is 1.58 bits per heavy atom. The van der Waals surface area contributed by atoms with Crippen molar-refractivity contribution in [3.63, 3.8) is 0 Å². The molecule has 0 spiro atoms. The molecule has 0 aliphatic heterocycles. The third kappa shape index (κ3) is 1.44. The van der Waals surface area contributed by atoms with Crippen molar-refractivity contribution in [2.75, 3.05) is 0 Å². The molecule has 1 aromatic heterocycles. The van der Waals surface area contributed by atoms with Crippen LogP contribution in [0.5, 0.6) is 0 Å². The minimum absolute atomic E-state index is 0.138. The predicted octanol–water partition coefficient (Wildman–Crippen LogP) is 0.866. The summed E-state index contributed by atoms with van der Waals surface area (Å²) < 4.78 is 1.59. The second-order valence-electron chi connectivity index (χ2n) is 2.83. The number of rotatable bonds is 2. The summed E-state index contributed by atoms with van der Waals surface area (Å²) in [7, 11) is 0. The fourth-order valence-corrected chi connectivity index (χ4v) is 0.981. The molecule has 0 unspecified atom stereocenters. The molecule has 0 aliphatic carbocycles. The van der Waals surface area contributed by atoms with Crippen LogP contribution in [0.4, 0.5) is 0 Å². The fourth-order valence-electron chi connectivity index (χ4n) is 0.981. The summed E-state index contributed by atoms with van der Waals surface area (Å²) in [6.45, 7) is 5.58. The lowest BCUT2D eigenvalue weighted by molar-refractivity contribution is 0.0683. The zero-order chi connectivity index (χ0) is 9.30. The number of nitrogens with zero attached hydrogens (tertiary/aromatic N) is 3. The lowest BCUT2D eigenvalue weighted by Gasteiger charge is -2.04. The van der Waals surface area contributed by atoms with E-state index in [-0.39, 0.29) is 11.9 Å². The summed E-state index contributed by atoms with van der Waals surface area (Å²) in [5.41, 5.74) is 0. The van der Waals surface area contributed by atoms with Crippen LogP contribution in [0.15, 0.2) is 0 Å². The monoisotopic (exact) mass is 169 g/mol. The molecule has 5 nitrogen and oxygen atoms in total. The van der Waals surface area contributed by atoms with Crippen LogP contribution >= 0.6 is 0 Å². The molecule has 0 aromatic carbocycles. The number of carboxylic acid groups (broad SMARTS) is 1. The van der Waals surface area contributed by atoms with Gasteiger partial charge in [-0.2, -0.15) is 0 Å². The van der Waals surface area contributed by atoms with E-state index in [4.69, 9.17) is 5.11 Å². The van der Waals surface area contributed by atoms with Crippen molar-refractivity contribution in [1.29, 1.82) is 0 Å². The number of aromatic carboxylic acids is 1. The first-order valence-corrected chi connectivity index (χ1v) is 3.69. The first-order valence-electron chi connectivity index (χ1n) is 3.69. The van der Waals surface area contributed by atoms with Gasteiger partial charge >= 0.3 is 5.97 Å². The Balaban J connectivity index is 3.09. The van der Waals surface area contributed by atoms with Gasteiger partial charge in [-0.3, -0.25) is 0 Å². The highest BCUT2D eigenvalue weighted by Crippen LogP contribution is 2.05. The molecule has 0 amide bonds. The minimum Gasteiger partial charge on any atom is -0.475 e. The van der Waals surface area contributed by atoms with Gasteiger partial charge in [0.15, 0.2) is 0 Å². The molecule has 1 heterocycles. The van der Waals surface area contributed by atoms with Gasteiger partial charge in [0, 0.05) is 6.04 Å². The predicted molar refractivity (Wildman–Crippen MR) is 42.1 cm³/mol. The zero-order valence-electron chi connectivity index (χ0n) is 7.27. The summed E-state index contributed by atoms with van der Waals surface area (Å²) in [5.74, 6) is -0.596. The zero-order valence-corrected chi connectivity index (χ0v) is 7.27. The third-order valence-corrected chi connectivity index (χ3v) is 1.48. The summed E-state index contributed by atoms with van der Waals surface area (Å²) >= 11 is 0. The van der Waals surface area contributed by atoms with Gasteiger partial charge < -0.3 is 5.11 Å². The van der Waals surface area contributed by atoms with Crippen molar-refractivity contribution in [1.82, 2.24) is 14.8 Å². The summed E-state index contributed by atoms with van der Waals surface area (Å²) in [5, 5.41) is 12.4. The normalized spacial score (nSPS) is 10.7. The van der Waals surface area contributed by atoms with Crippen LogP contribution in [-0.4, -0.2) is 25.8 Å². The molecule has 0 radical (unpaired) electrons. The minimum atomic E-state index is -1.09. The van der Waals surface area contributed by atoms with E-state index in [9.17, 15) is 4.79 Å². The average molecular weight is 169 g/mol. The number of carboxylic acids is 1. The molecule has 1 N–H and O–H groups in total. The van der Waals surface area contributed by atoms with Gasteiger partial charge in [0.05, 0.1) is 0 Å². The van der Waals surface area contributed by atoms with Crippen LogP contribution in [0.1, 0.15) is 36.3 Å². The van der Waals surface area contributed by atoms with Crippen LogP contribution in [0, 0.1) is 6.92 Å². The summed E-state index contributed by atoms with van der Waals surface area (Å²) in [6.07, 6.45) is 0. The topological polar surface area (TPSA) is 68.0 Å². The molecule has 0 aliphatic rings. The van der Waals surface area contributed by atoms with E-state index in [1.54, 1.807) is 11.6 Å². The van der Waals surface area contributed by atoms with Crippen LogP contribution < -0.4 is 0 Å². The van der Waals surface area contributed by atoms with Crippen LogP contribution in [0.3, 0.4) is 0 Å². The largest absolute Gasteiger partial charge is 0.475 e. The molecule has 1 aromatic rings. The molecule has 66 valence electrons. The molecule has 0 bridgehead atoms. The molecule has 12 heavy (non-hydrogen) atoms. The maximum atomic E-state index is 10.5. The van der Waals surface area contributed by atoms with Crippen molar-refractivity contribution in [2.45, 2.75) is 26.8 Å². The van der Waals surface area contributed by atoms with E-state index < -0.39 is 5.97 Å². The van der Waals surface area contributed by atoms with Crippen LogP contribution in [-0.2, 0) is 0 Å². The molecule has 5 heteroatoms. The lowest BCUT2D eigenvalue weighted by Crippen LogP contribution is -2.06. The first kappa shape index (κ1) is 8.70.